The van der Waals surface area contributed by atoms with Gasteiger partial charge in [-0.1, -0.05) is 18.2 Å². The highest BCUT2D eigenvalue weighted by atomic mass is 16.2. The standard InChI is InChI=1S/C21H27N5O/c1-24(2)12-13-25-11-9-22-20(25)17-7-5-10-26(15-17)21(27)19-14-16-6-3-4-8-18(16)23-19/h3-4,6,8-9,11,14,17,23H,5,7,10,12-13,15H2,1-2H3. The second kappa shape index (κ2) is 7.56. The first kappa shape index (κ1) is 17.8. The van der Waals surface area contributed by atoms with E-state index in [1.165, 1.54) is 0 Å². The number of benzene rings is 1. The number of para-hydroxylation sites is 1. The van der Waals surface area contributed by atoms with Crippen molar-refractivity contribution in [3.63, 3.8) is 0 Å². The predicted octanol–water partition coefficient (Wildman–Crippen LogP) is 2.95. The molecular formula is C21H27N5O. The van der Waals surface area contributed by atoms with Gasteiger partial charge in [0.2, 0.25) is 0 Å². The van der Waals surface area contributed by atoms with Crippen LogP contribution in [0, 0.1) is 0 Å². The first-order chi connectivity index (χ1) is 13.1. The number of amides is 1. The molecule has 1 fully saturated rings. The van der Waals surface area contributed by atoms with E-state index in [1.807, 2.05) is 41.4 Å². The number of carbonyl (C=O) groups is 1. The number of nitrogens with zero attached hydrogens (tertiary/aromatic N) is 4. The third kappa shape index (κ3) is 3.76. The lowest BCUT2D eigenvalue weighted by molar-refractivity contribution is 0.0698. The average Bonchev–Trinajstić information content (AvgIpc) is 3.32. The number of H-pyrrole nitrogens is 1. The molecule has 1 atom stereocenters. The number of hydrogen-bond donors (Lipinski definition) is 1. The van der Waals surface area contributed by atoms with Gasteiger partial charge in [0.1, 0.15) is 11.5 Å². The van der Waals surface area contributed by atoms with Crippen molar-refractivity contribution >= 4 is 16.8 Å². The minimum absolute atomic E-state index is 0.0855. The Morgan fingerprint density at radius 3 is 3.00 bits per heavy atom. The number of aromatic amines is 1. The lowest BCUT2D eigenvalue weighted by Gasteiger charge is -2.32. The summed E-state index contributed by atoms with van der Waals surface area (Å²) in [6.45, 7) is 3.44. The zero-order valence-corrected chi connectivity index (χ0v) is 16.1. The number of likely N-dealkylation sites (tertiary alicyclic amines) is 1. The van der Waals surface area contributed by atoms with E-state index >= 15 is 0 Å². The molecule has 27 heavy (non-hydrogen) atoms. The molecule has 6 heteroatoms. The van der Waals surface area contributed by atoms with Crippen LogP contribution in [-0.4, -0.2) is 64.0 Å². The van der Waals surface area contributed by atoms with Gasteiger partial charge >= 0.3 is 0 Å². The zero-order chi connectivity index (χ0) is 18.8. The van der Waals surface area contributed by atoms with E-state index in [-0.39, 0.29) is 5.91 Å². The van der Waals surface area contributed by atoms with Crippen LogP contribution in [0.1, 0.15) is 35.1 Å². The maximum absolute atomic E-state index is 13.0. The Morgan fingerprint density at radius 1 is 1.33 bits per heavy atom. The molecule has 1 saturated heterocycles. The highest BCUT2D eigenvalue weighted by molar-refractivity contribution is 5.98. The Hall–Kier alpha value is -2.60. The van der Waals surface area contributed by atoms with E-state index in [1.54, 1.807) is 0 Å². The first-order valence-electron chi connectivity index (χ1n) is 9.64. The fourth-order valence-electron chi connectivity index (χ4n) is 3.91. The molecule has 3 heterocycles. The topological polar surface area (TPSA) is 57.2 Å². The molecule has 4 rings (SSSR count). The lowest BCUT2D eigenvalue weighted by Crippen LogP contribution is -2.40. The molecule has 1 N–H and O–H groups in total. The van der Waals surface area contributed by atoms with Gasteiger partial charge in [-0.15, -0.1) is 0 Å². The Bertz CT molecular complexity index is 892. The molecule has 0 aliphatic carbocycles. The van der Waals surface area contributed by atoms with Gasteiger partial charge < -0.3 is 19.4 Å². The number of aromatic nitrogens is 3. The normalized spacial score (nSPS) is 17.7. The molecular weight excluding hydrogens is 338 g/mol. The van der Waals surface area contributed by atoms with Crippen molar-refractivity contribution in [1.82, 2.24) is 24.3 Å². The summed E-state index contributed by atoms with van der Waals surface area (Å²) in [5, 5.41) is 1.08. The summed E-state index contributed by atoms with van der Waals surface area (Å²) in [5.41, 5.74) is 1.68. The van der Waals surface area contributed by atoms with E-state index in [0.717, 1.165) is 55.7 Å². The van der Waals surface area contributed by atoms with Crippen molar-refractivity contribution < 1.29 is 4.79 Å². The molecule has 142 valence electrons. The highest BCUT2D eigenvalue weighted by Crippen LogP contribution is 2.27. The Morgan fingerprint density at radius 2 is 2.19 bits per heavy atom. The fraction of sp³-hybridized carbons (Fsp3) is 0.429. The molecule has 0 radical (unpaired) electrons. The van der Waals surface area contributed by atoms with Crippen molar-refractivity contribution in [1.29, 1.82) is 0 Å². The van der Waals surface area contributed by atoms with Crippen LogP contribution in [0.4, 0.5) is 0 Å². The fourth-order valence-corrected chi connectivity index (χ4v) is 3.91. The summed E-state index contributed by atoms with van der Waals surface area (Å²) in [7, 11) is 4.16. The molecule has 1 aliphatic heterocycles. The lowest BCUT2D eigenvalue weighted by atomic mass is 9.96. The van der Waals surface area contributed by atoms with Crippen LogP contribution in [0.15, 0.2) is 42.7 Å². The van der Waals surface area contributed by atoms with Crippen molar-refractivity contribution in [3.8, 4) is 0 Å². The molecule has 1 amide bonds. The summed E-state index contributed by atoms with van der Waals surface area (Å²) in [4.78, 5) is 25.1. The molecule has 3 aromatic rings. The van der Waals surface area contributed by atoms with Gasteiger partial charge in [0.15, 0.2) is 0 Å². The predicted molar refractivity (Wildman–Crippen MR) is 107 cm³/mol. The van der Waals surface area contributed by atoms with Crippen molar-refractivity contribution in [2.24, 2.45) is 0 Å². The van der Waals surface area contributed by atoms with Gasteiger partial charge in [-0.25, -0.2) is 4.98 Å². The second-order valence-corrected chi connectivity index (χ2v) is 7.64. The number of nitrogens with one attached hydrogen (secondary N) is 1. The Labute approximate surface area is 159 Å². The van der Waals surface area contributed by atoms with Gasteiger partial charge in [0.25, 0.3) is 5.91 Å². The molecule has 1 unspecified atom stereocenters. The zero-order valence-electron chi connectivity index (χ0n) is 16.1. The second-order valence-electron chi connectivity index (χ2n) is 7.64. The largest absolute Gasteiger partial charge is 0.351 e. The van der Waals surface area contributed by atoms with Crippen LogP contribution in [-0.2, 0) is 6.54 Å². The molecule has 6 nitrogen and oxygen atoms in total. The van der Waals surface area contributed by atoms with E-state index < -0.39 is 0 Å². The van der Waals surface area contributed by atoms with Gasteiger partial charge in [0, 0.05) is 55.4 Å². The van der Waals surface area contributed by atoms with Gasteiger partial charge in [0.05, 0.1) is 0 Å². The Balaban J connectivity index is 1.49. The number of imidazole rings is 1. The maximum atomic E-state index is 13.0. The summed E-state index contributed by atoms with van der Waals surface area (Å²) in [5.74, 6) is 1.48. The van der Waals surface area contributed by atoms with Crippen LogP contribution in [0.25, 0.3) is 10.9 Å². The summed E-state index contributed by atoms with van der Waals surface area (Å²) in [6.07, 6.45) is 6.02. The Kier molecular flexibility index (Phi) is 4.99. The smallest absolute Gasteiger partial charge is 0.270 e. The quantitative estimate of drug-likeness (QED) is 0.756. The third-order valence-electron chi connectivity index (χ3n) is 5.37. The van der Waals surface area contributed by atoms with Crippen LogP contribution >= 0.6 is 0 Å². The van der Waals surface area contributed by atoms with Gasteiger partial charge in [-0.3, -0.25) is 4.79 Å². The molecule has 1 aromatic carbocycles. The molecule has 2 aromatic heterocycles. The summed E-state index contributed by atoms with van der Waals surface area (Å²) in [6, 6.07) is 9.97. The molecule has 0 spiro atoms. The van der Waals surface area contributed by atoms with Crippen molar-refractivity contribution in [2.75, 3.05) is 33.7 Å². The number of piperidine rings is 1. The molecule has 0 saturated carbocycles. The number of carbonyl (C=O) groups excluding carboxylic acids is 1. The van der Waals surface area contributed by atoms with E-state index in [9.17, 15) is 4.79 Å². The van der Waals surface area contributed by atoms with Crippen molar-refractivity contribution in [3.05, 3.63) is 54.2 Å². The minimum atomic E-state index is 0.0855. The van der Waals surface area contributed by atoms with Crippen LogP contribution in [0.2, 0.25) is 0 Å². The van der Waals surface area contributed by atoms with Gasteiger partial charge in [-0.2, -0.15) is 0 Å². The summed E-state index contributed by atoms with van der Waals surface area (Å²) >= 11 is 0. The SMILES string of the molecule is CN(C)CCn1ccnc1C1CCCN(C(=O)c2cc3ccccc3[nH]2)C1. The highest BCUT2D eigenvalue weighted by Gasteiger charge is 2.28. The molecule has 1 aliphatic rings. The maximum Gasteiger partial charge on any atom is 0.270 e. The van der Waals surface area contributed by atoms with E-state index in [0.29, 0.717) is 11.6 Å². The van der Waals surface area contributed by atoms with Crippen LogP contribution in [0.3, 0.4) is 0 Å². The third-order valence-corrected chi connectivity index (χ3v) is 5.37. The van der Waals surface area contributed by atoms with Crippen molar-refractivity contribution in [2.45, 2.75) is 25.3 Å². The first-order valence-corrected chi connectivity index (χ1v) is 9.64. The summed E-state index contributed by atoms with van der Waals surface area (Å²) < 4.78 is 2.24. The number of likely N-dealkylation sites (N-methyl/N-ethyl adjacent to an activating group) is 1. The van der Waals surface area contributed by atoms with E-state index in [2.05, 4.69) is 39.7 Å². The monoisotopic (exact) mass is 365 g/mol. The van der Waals surface area contributed by atoms with E-state index in [4.69, 9.17) is 0 Å². The molecule has 0 bridgehead atoms. The number of rotatable bonds is 5. The average molecular weight is 365 g/mol. The minimum Gasteiger partial charge on any atom is -0.351 e. The number of fused-ring (bicyclic) bond motifs is 1. The van der Waals surface area contributed by atoms with Crippen LogP contribution < -0.4 is 0 Å². The number of hydrogen-bond acceptors (Lipinski definition) is 3. The van der Waals surface area contributed by atoms with Crippen LogP contribution in [0.5, 0.6) is 0 Å². The van der Waals surface area contributed by atoms with Gasteiger partial charge in [-0.05, 0) is 39.1 Å².